The normalized spacial score (nSPS) is 21.7. The number of aromatic hydroxyl groups is 1. The number of phenolic OH excluding ortho intramolecular Hbond substituents is 1. The SMILES string of the molecule is Oc1c(C2(C(F)(F)F)CC2)cc(C2(CC(F)(F)F)CC2)c(Br)c1F. The van der Waals surface area contributed by atoms with Crippen molar-refractivity contribution in [2.45, 2.75) is 55.3 Å². The molecule has 0 bridgehead atoms. The van der Waals surface area contributed by atoms with Crippen LogP contribution in [0.3, 0.4) is 0 Å². The summed E-state index contributed by atoms with van der Waals surface area (Å²) in [6, 6.07) is 0.904. The minimum absolute atomic E-state index is 0.105. The Morgan fingerprint density at radius 3 is 1.92 bits per heavy atom. The summed E-state index contributed by atoms with van der Waals surface area (Å²) in [6.45, 7) is 0. The monoisotopic (exact) mass is 420 g/mol. The van der Waals surface area contributed by atoms with Crippen molar-refractivity contribution in [2.75, 3.05) is 0 Å². The van der Waals surface area contributed by atoms with E-state index in [1.165, 1.54) is 0 Å². The van der Waals surface area contributed by atoms with Gasteiger partial charge in [-0.3, -0.25) is 0 Å². The summed E-state index contributed by atoms with van der Waals surface area (Å²) >= 11 is 2.80. The first kappa shape index (κ1) is 17.8. The molecule has 0 aromatic heterocycles. The van der Waals surface area contributed by atoms with Crippen LogP contribution in [0.4, 0.5) is 30.7 Å². The number of halogens is 8. The second-order valence-electron chi connectivity index (χ2n) is 6.60. The molecule has 0 unspecified atom stereocenters. The van der Waals surface area contributed by atoms with Crippen molar-refractivity contribution < 1.29 is 35.8 Å². The molecular formula is C15H12BrF7O. The van der Waals surface area contributed by atoms with Gasteiger partial charge in [-0.25, -0.2) is 4.39 Å². The molecule has 1 nitrogen and oxygen atoms in total. The average molecular weight is 421 g/mol. The number of alkyl halides is 6. The van der Waals surface area contributed by atoms with E-state index >= 15 is 0 Å². The Balaban J connectivity index is 2.14. The highest BCUT2D eigenvalue weighted by molar-refractivity contribution is 9.10. The largest absolute Gasteiger partial charge is 0.505 e. The van der Waals surface area contributed by atoms with Gasteiger partial charge in [0.25, 0.3) is 0 Å². The van der Waals surface area contributed by atoms with Gasteiger partial charge in [-0.1, -0.05) is 0 Å². The zero-order valence-corrected chi connectivity index (χ0v) is 13.7. The smallest absolute Gasteiger partial charge is 0.398 e. The fourth-order valence-corrected chi connectivity index (χ4v) is 4.00. The van der Waals surface area contributed by atoms with Crippen LogP contribution in [0.2, 0.25) is 0 Å². The molecule has 1 N–H and O–H groups in total. The molecule has 2 aliphatic rings. The molecule has 0 atom stereocenters. The summed E-state index contributed by atoms with van der Waals surface area (Å²) in [7, 11) is 0. The second-order valence-corrected chi connectivity index (χ2v) is 7.39. The van der Waals surface area contributed by atoms with E-state index in [2.05, 4.69) is 15.9 Å². The van der Waals surface area contributed by atoms with Crippen LogP contribution in [-0.4, -0.2) is 17.5 Å². The van der Waals surface area contributed by atoms with Crippen molar-refractivity contribution in [3.63, 3.8) is 0 Å². The summed E-state index contributed by atoms with van der Waals surface area (Å²) < 4.78 is 92.1. The molecule has 134 valence electrons. The maximum Gasteiger partial charge on any atom is 0.398 e. The molecule has 3 rings (SSSR count). The van der Waals surface area contributed by atoms with Gasteiger partial charge in [-0.2, -0.15) is 26.3 Å². The molecule has 2 fully saturated rings. The molecule has 1 aromatic carbocycles. The quantitative estimate of drug-likeness (QED) is 0.606. The molecule has 0 heterocycles. The first-order valence-corrected chi connectivity index (χ1v) is 7.98. The van der Waals surface area contributed by atoms with Crippen LogP contribution in [0.1, 0.15) is 43.2 Å². The minimum Gasteiger partial charge on any atom is -0.505 e. The fraction of sp³-hybridized carbons (Fsp3) is 0.600. The lowest BCUT2D eigenvalue weighted by atomic mass is 9.86. The molecule has 9 heteroatoms. The molecule has 0 spiro atoms. The number of hydrogen-bond acceptors (Lipinski definition) is 1. The van der Waals surface area contributed by atoms with Crippen LogP contribution in [0, 0.1) is 5.82 Å². The Hall–Kier alpha value is -0.990. The highest BCUT2D eigenvalue weighted by Gasteiger charge is 2.66. The fourth-order valence-electron chi connectivity index (χ4n) is 3.27. The van der Waals surface area contributed by atoms with Crippen LogP contribution in [-0.2, 0) is 10.8 Å². The predicted octanol–water partition coefficient (Wildman–Crippen LogP) is 5.87. The van der Waals surface area contributed by atoms with Crippen molar-refractivity contribution in [3.8, 4) is 5.75 Å². The van der Waals surface area contributed by atoms with Crippen molar-refractivity contribution >= 4 is 15.9 Å². The van der Waals surface area contributed by atoms with Crippen molar-refractivity contribution in [1.82, 2.24) is 0 Å². The predicted molar refractivity (Wildman–Crippen MR) is 74.3 cm³/mol. The van der Waals surface area contributed by atoms with Crippen LogP contribution >= 0.6 is 15.9 Å². The Labute approximate surface area is 141 Å². The highest BCUT2D eigenvalue weighted by atomic mass is 79.9. The Morgan fingerprint density at radius 1 is 1.00 bits per heavy atom. The highest BCUT2D eigenvalue weighted by Crippen LogP contribution is 2.64. The molecule has 2 aliphatic carbocycles. The molecule has 2 saturated carbocycles. The first-order valence-electron chi connectivity index (χ1n) is 7.18. The lowest BCUT2D eigenvalue weighted by molar-refractivity contribution is -0.161. The van der Waals surface area contributed by atoms with Gasteiger partial charge < -0.3 is 5.11 Å². The third kappa shape index (κ3) is 2.68. The average Bonchev–Trinajstić information content (AvgIpc) is 3.29. The maximum atomic E-state index is 14.2. The van der Waals surface area contributed by atoms with E-state index in [0.29, 0.717) is 0 Å². The lowest BCUT2D eigenvalue weighted by Crippen LogP contribution is -2.30. The number of benzene rings is 1. The van der Waals surface area contributed by atoms with Crippen molar-refractivity contribution in [3.05, 3.63) is 27.5 Å². The summed E-state index contributed by atoms with van der Waals surface area (Å²) in [4.78, 5) is 0. The zero-order valence-electron chi connectivity index (χ0n) is 12.1. The first-order chi connectivity index (χ1) is 10.8. The molecular weight excluding hydrogens is 409 g/mol. The number of hydrogen-bond donors (Lipinski definition) is 1. The van der Waals surface area contributed by atoms with Gasteiger partial charge in [0, 0.05) is 11.0 Å². The molecule has 0 radical (unpaired) electrons. The van der Waals surface area contributed by atoms with Crippen LogP contribution in [0.25, 0.3) is 0 Å². The van der Waals surface area contributed by atoms with E-state index in [-0.39, 0.29) is 31.2 Å². The van der Waals surface area contributed by atoms with E-state index < -0.39 is 51.2 Å². The van der Waals surface area contributed by atoms with Crippen molar-refractivity contribution in [2.24, 2.45) is 0 Å². The lowest BCUT2D eigenvalue weighted by Gasteiger charge is -2.25. The van der Waals surface area contributed by atoms with Gasteiger partial charge in [0.15, 0.2) is 11.6 Å². The van der Waals surface area contributed by atoms with Crippen LogP contribution in [0.5, 0.6) is 5.75 Å². The topological polar surface area (TPSA) is 20.2 Å². The molecule has 24 heavy (non-hydrogen) atoms. The van der Waals surface area contributed by atoms with E-state index in [9.17, 15) is 35.8 Å². The molecule has 0 aliphatic heterocycles. The third-order valence-electron chi connectivity index (χ3n) is 4.95. The Morgan fingerprint density at radius 2 is 1.54 bits per heavy atom. The summed E-state index contributed by atoms with van der Waals surface area (Å²) in [6.07, 6.45) is -10.9. The van der Waals surface area contributed by atoms with Gasteiger partial charge in [0.1, 0.15) is 0 Å². The van der Waals surface area contributed by atoms with E-state index in [4.69, 9.17) is 0 Å². The molecule has 0 saturated heterocycles. The molecule has 0 amide bonds. The van der Waals surface area contributed by atoms with Gasteiger partial charge in [-0.15, -0.1) is 0 Å². The van der Waals surface area contributed by atoms with Gasteiger partial charge >= 0.3 is 12.4 Å². The van der Waals surface area contributed by atoms with E-state index in [0.717, 1.165) is 6.07 Å². The zero-order chi connectivity index (χ0) is 18.1. The van der Waals surface area contributed by atoms with Crippen molar-refractivity contribution in [1.29, 1.82) is 0 Å². The van der Waals surface area contributed by atoms with E-state index in [1.807, 2.05) is 0 Å². The van der Waals surface area contributed by atoms with E-state index in [1.54, 1.807) is 0 Å². The summed E-state index contributed by atoms with van der Waals surface area (Å²) in [5.74, 6) is -2.49. The summed E-state index contributed by atoms with van der Waals surface area (Å²) in [5, 5.41) is 9.83. The third-order valence-corrected chi connectivity index (χ3v) is 5.73. The molecule has 1 aromatic rings. The van der Waals surface area contributed by atoms with Gasteiger partial charge in [0.05, 0.1) is 16.3 Å². The summed E-state index contributed by atoms with van der Waals surface area (Å²) in [5.41, 5.74) is -4.62. The number of phenols is 1. The van der Waals surface area contributed by atoms with Gasteiger partial charge in [-0.05, 0) is 53.2 Å². The number of rotatable bonds is 3. The maximum absolute atomic E-state index is 14.2. The Kier molecular flexibility index (Phi) is 3.72. The standard InChI is InChI=1S/C15H12BrF7O/c16-9-7(12(1-2-12)6-14(18,19)20)5-8(11(24)10(9)17)13(3-4-13)15(21,22)23/h5,24H,1-4,6H2. The van der Waals surface area contributed by atoms with Gasteiger partial charge in [0.2, 0.25) is 0 Å². The minimum atomic E-state index is -4.71. The van der Waals surface area contributed by atoms with Crippen LogP contribution < -0.4 is 0 Å². The van der Waals surface area contributed by atoms with Crippen LogP contribution in [0.15, 0.2) is 10.5 Å². The second kappa shape index (κ2) is 5.02. The Bertz CT molecular complexity index is 685.